The van der Waals surface area contributed by atoms with Crippen molar-refractivity contribution in [3.8, 4) is 0 Å². The Morgan fingerprint density at radius 2 is 1.85 bits per heavy atom. The summed E-state index contributed by atoms with van der Waals surface area (Å²) in [4.78, 5) is 38.5. The molecule has 1 saturated carbocycles. The van der Waals surface area contributed by atoms with Crippen LogP contribution in [0.2, 0.25) is 0 Å². The van der Waals surface area contributed by atoms with Gasteiger partial charge < -0.3 is 14.7 Å². The van der Waals surface area contributed by atoms with Gasteiger partial charge >= 0.3 is 0 Å². The highest BCUT2D eigenvalue weighted by atomic mass is 19.3. The second-order valence-corrected chi connectivity index (χ2v) is 9.57. The fourth-order valence-electron chi connectivity index (χ4n) is 4.19. The Hall–Kier alpha value is -3.04. The van der Waals surface area contributed by atoms with E-state index < -0.39 is 59.3 Å². The first-order chi connectivity index (χ1) is 15.3. The second-order valence-electron chi connectivity index (χ2n) is 9.57. The van der Waals surface area contributed by atoms with Crippen LogP contribution in [0.4, 0.5) is 18.9 Å². The number of nitrogens with zero attached hydrogens (tertiary/aromatic N) is 1. The summed E-state index contributed by atoms with van der Waals surface area (Å²) in [5.74, 6) is -5.56. The summed E-state index contributed by atoms with van der Waals surface area (Å²) in [5, 5.41) is 4.62. The van der Waals surface area contributed by atoms with Gasteiger partial charge in [0.1, 0.15) is 11.9 Å². The number of hydrogen-bond donors (Lipinski definition) is 2. The lowest BCUT2D eigenvalue weighted by Crippen LogP contribution is -2.51. The normalized spacial score (nSPS) is 17.4. The second kappa shape index (κ2) is 9.07. The van der Waals surface area contributed by atoms with Crippen molar-refractivity contribution in [2.24, 2.45) is 5.92 Å². The number of aromatic amines is 1. The number of nitrogens with one attached hydrogen (secondary N) is 2. The van der Waals surface area contributed by atoms with Gasteiger partial charge in [-0.1, -0.05) is 26.8 Å². The summed E-state index contributed by atoms with van der Waals surface area (Å²) in [6.07, 6.45) is -0.760. The molecule has 0 aliphatic heterocycles. The number of rotatable bonds is 5. The highest BCUT2D eigenvalue weighted by Crippen LogP contribution is 2.39. The topological polar surface area (TPSA) is 95.4 Å². The zero-order chi connectivity index (χ0) is 24.6. The van der Waals surface area contributed by atoms with Gasteiger partial charge in [-0.15, -0.1) is 0 Å². The van der Waals surface area contributed by atoms with Gasteiger partial charge in [-0.3, -0.25) is 14.4 Å². The van der Waals surface area contributed by atoms with E-state index in [-0.39, 0.29) is 24.3 Å². The van der Waals surface area contributed by atoms with Crippen LogP contribution in [0.5, 0.6) is 0 Å². The van der Waals surface area contributed by atoms with Gasteiger partial charge in [0.2, 0.25) is 17.6 Å². The van der Waals surface area contributed by atoms with Crippen LogP contribution in [0.15, 0.2) is 33.6 Å². The average Bonchev–Trinajstić information content (AvgIpc) is 3.14. The van der Waals surface area contributed by atoms with Gasteiger partial charge in [0.25, 0.3) is 11.5 Å². The van der Waals surface area contributed by atoms with Crippen LogP contribution >= 0.6 is 0 Å². The third kappa shape index (κ3) is 5.66. The van der Waals surface area contributed by atoms with Gasteiger partial charge in [0.05, 0.1) is 6.07 Å². The first kappa shape index (κ1) is 24.6. The quantitative estimate of drug-likeness (QED) is 0.685. The van der Waals surface area contributed by atoms with E-state index in [9.17, 15) is 27.6 Å². The number of H-pyrrole nitrogens is 1. The molecule has 1 aromatic heterocycles. The van der Waals surface area contributed by atoms with Gasteiger partial charge in [0.15, 0.2) is 0 Å². The van der Waals surface area contributed by atoms with E-state index in [2.05, 4.69) is 5.32 Å². The van der Waals surface area contributed by atoms with Crippen LogP contribution in [-0.2, 0) is 10.2 Å². The molecule has 0 saturated heterocycles. The van der Waals surface area contributed by atoms with E-state index in [0.29, 0.717) is 5.56 Å². The first-order valence-corrected chi connectivity index (χ1v) is 10.7. The third-order valence-corrected chi connectivity index (χ3v) is 5.99. The molecule has 2 aromatic rings. The van der Waals surface area contributed by atoms with Crippen LogP contribution in [0, 0.1) is 11.7 Å². The molecule has 10 heteroatoms. The van der Waals surface area contributed by atoms with Gasteiger partial charge in [-0.25, -0.2) is 13.2 Å². The molecule has 180 valence electrons. The Morgan fingerprint density at radius 1 is 1.21 bits per heavy atom. The van der Waals surface area contributed by atoms with E-state index in [4.69, 9.17) is 4.52 Å². The maximum absolute atomic E-state index is 14.6. The molecule has 2 amide bonds. The number of carbonyl (C=O) groups excluding carboxylic acids is 2. The molecule has 7 nitrogen and oxygen atoms in total. The molecule has 1 aliphatic carbocycles. The van der Waals surface area contributed by atoms with Crippen molar-refractivity contribution in [2.75, 3.05) is 12.4 Å². The number of hydrogen-bond acceptors (Lipinski definition) is 4. The molecule has 1 fully saturated rings. The Balaban J connectivity index is 1.87. The molecule has 2 N–H and O–H groups in total. The van der Waals surface area contributed by atoms with E-state index in [1.807, 2.05) is 25.9 Å². The maximum atomic E-state index is 14.6. The summed E-state index contributed by atoms with van der Waals surface area (Å²) in [7, 11) is 1.34. The number of halogens is 3. The monoisotopic (exact) mass is 467 g/mol. The Labute approximate surface area is 189 Å². The molecule has 0 spiro atoms. The smallest absolute Gasteiger partial charge is 0.292 e. The predicted molar refractivity (Wildman–Crippen MR) is 116 cm³/mol. The number of amides is 2. The van der Waals surface area contributed by atoms with Crippen LogP contribution < -0.4 is 10.9 Å². The van der Waals surface area contributed by atoms with Crippen LogP contribution in [-0.4, -0.2) is 40.9 Å². The molecule has 1 atom stereocenters. The maximum Gasteiger partial charge on any atom is 0.292 e. The lowest BCUT2D eigenvalue weighted by Gasteiger charge is -2.37. The Morgan fingerprint density at radius 3 is 2.36 bits per heavy atom. The number of anilines is 1. The van der Waals surface area contributed by atoms with E-state index in [1.165, 1.54) is 13.1 Å². The number of alkyl halides is 2. The molecule has 0 bridgehead atoms. The van der Waals surface area contributed by atoms with Crippen molar-refractivity contribution >= 4 is 17.5 Å². The molecule has 33 heavy (non-hydrogen) atoms. The highest BCUT2D eigenvalue weighted by Gasteiger charge is 2.42. The van der Waals surface area contributed by atoms with Crippen molar-refractivity contribution < 1.29 is 27.3 Å². The van der Waals surface area contributed by atoms with Crippen LogP contribution in [0.3, 0.4) is 0 Å². The van der Waals surface area contributed by atoms with Crippen molar-refractivity contribution in [3.05, 3.63) is 51.8 Å². The van der Waals surface area contributed by atoms with E-state index in [0.717, 1.165) is 11.0 Å². The average molecular weight is 467 g/mol. The number of benzene rings is 1. The minimum Gasteiger partial charge on any atom is -0.373 e. The fraction of sp³-hybridized carbons (Fsp3) is 0.522. The first-order valence-electron chi connectivity index (χ1n) is 10.7. The minimum atomic E-state index is -2.82. The zero-order valence-electron chi connectivity index (χ0n) is 19.0. The standard InChI is InChI=1S/C23H28F3N3O4/c1-22(2,3)15-6-5-14(11-16(15)24)27-20(31)19(13-7-9-23(25,26)10-8-13)29(4)21(32)17-12-18(30)28-33-17/h5-6,11-13,19H,7-10H2,1-4H3,(H,27,31)(H,28,30)/t19-/m1/s1. The molecule has 3 rings (SSSR count). The zero-order valence-corrected chi connectivity index (χ0v) is 19.0. The van der Waals surface area contributed by atoms with Crippen molar-refractivity contribution in [1.82, 2.24) is 10.1 Å². The van der Waals surface area contributed by atoms with E-state index >= 15 is 0 Å². The third-order valence-electron chi connectivity index (χ3n) is 5.99. The molecular weight excluding hydrogens is 439 g/mol. The Kier molecular flexibility index (Phi) is 6.76. The number of aromatic nitrogens is 1. The molecule has 1 aliphatic rings. The molecule has 1 aromatic carbocycles. The molecule has 0 unspecified atom stereocenters. The minimum absolute atomic E-state index is 0.0249. The summed E-state index contributed by atoms with van der Waals surface area (Å²) >= 11 is 0. The van der Waals surface area contributed by atoms with Gasteiger partial charge in [-0.2, -0.15) is 5.16 Å². The van der Waals surface area contributed by atoms with E-state index in [1.54, 1.807) is 12.1 Å². The lowest BCUT2D eigenvalue weighted by molar-refractivity contribution is -0.124. The fourth-order valence-corrected chi connectivity index (χ4v) is 4.19. The lowest BCUT2D eigenvalue weighted by atomic mass is 9.81. The van der Waals surface area contributed by atoms with Gasteiger partial charge in [-0.05, 0) is 41.9 Å². The number of likely N-dealkylation sites (N-methyl/N-ethyl adjacent to an activating group) is 1. The van der Waals surface area contributed by atoms with Crippen LogP contribution in [0.25, 0.3) is 0 Å². The molecular formula is C23H28F3N3O4. The number of carbonyl (C=O) groups is 2. The van der Waals surface area contributed by atoms with Gasteiger partial charge in [0, 0.05) is 25.6 Å². The summed E-state index contributed by atoms with van der Waals surface area (Å²) < 4.78 is 46.9. The highest BCUT2D eigenvalue weighted by molar-refractivity contribution is 6.00. The summed E-state index contributed by atoms with van der Waals surface area (Å²) in [6, 6.07) is 4.14. The van der Waals surface area contributed by atoms with Crippen LogP contribution in [0.1, 0.15) is 62.6 Å². The largest absolute Gasteiger partial charge is 0.373 e. The Bertz CT molecular complexity index is 1080. The molecule has 0 radical (unpaired) electrons. The summed E-state index contributed by atoms with van der Waals surface area (Å²) in [5.41, 5.74) is -0.401. The SMILES string of the molecule is CN(C(=O)c1cc(=O)[nH]o1)[C@@H](C(=O)Nc1ccc(C(C)(C)C)c(F)c1)C1CCC(F)(F)CC1. The van der Waals surface area contributed by atoms with Crippen molar-refractivity contribution in [2.45, 2.75) is 63.8 Å². The van der Waals surface area contributed by atoms with Crippen molar-refractivity contribution in [1.29, 1.82) is 0 Å². The predicted octanol–water partition coefficient (Wildman–Crippen LogP) is 4.31. The summed E-state index contributed by atoms with van der Waals surface area (Å²) in [6.45, 7) is 5.58. The van der Waals surface area contributed by atoms with Crippen molar-refractivity contribution in [3.63, 3.8) is 0 Å². The molecule has 1 heterocycles.